The molecule has 158 valence electrons. The fourth-order valence-corrected chi connectivity index (χ4v) is 3.76. The molecule has 0 spiro atoms. The molecule has 0 saturated carbocycles. The molecule has 3 rings (SSSR count). The zero-order valence-electron chi connectivity index (χ0n) is 17.3. The predicted octanol–water partition coefficient (Wildman–Crippen LogP) is 5.69. The van der Waals surface area contributed by atoms with E-state index in [2.05, 4.69) is 48.9 Å². The molecule has 0 saturated heterocycles. The van der Waals surface area contributed by atoms with Crippen molar-refractivity contribution in [3.8, 4) is 11.5 Å². The highest BCUT2D eigenvalue weighted by molar-refractivity contribution is 9.10. The van der Waals surface area contributed by atoms with Crippen LogP contribution in [0.4, 0.5) is 0 Å². The van der Waals surface area contributed by atoms with Crippen LogP contribution < -0.4 is 15.0 Å². The Balaban J connectivity index is 2.03. The van der Waals surface area contributed by atoms with E-state index in [9.17, 15) is 4.79 Å². The Bertz CT molecular complexity index is 1160. The minimum absolute atomic E-state index is 0.0595. The summed E-state index contributed by atoms with van der Waals surface area (Å²) in [5.41, 5.74) is 1.18. The summed E-state index contributed by atoms with van der Waals surface area (Å²) < 4.78 is 14.7. The average molecular weight is 537 g/mol. The number of benzene rings is 2. The number of fused-ring (bicyclic) bond motifs is 1. The molecule has 3 aromatic rings. The fraction of sp³-hybridized carbons (Fsp3) is 0.318. The van der Waals surface area contributed by atoms with Crippen molar-refractivity contribution < 1.29 is 9.47 Å². The molecule has 6 nitrogen and oxygen atoms in total. The number of rotatable bonds is 7. The van der Waals surface area contributed by atoms with Crippen molar-refractivity contribution in [1.82, 2.24) is 9.66 Å². The molecule has 1 heterocycles. The Morgan fingerprint density at radius 3 is 2.70 bits per heavy atom. The zero-order chi connectivity index (χ0) is 21.8. The van der Waals surface area contributed by atoms with Gasteiger partial charge in [0.25, 0.3) is 5.56 Å². The van der Waals surface area contributed by atoms with Gasteiger partial charge in [-0.2, -0.15) is 9.78 Å². The molecule has 0 aliphatic rings. The van der Waals surface area contributed by atoms with E-state index < -0.39 is 0 Å². The minimum Gasteiger partial charge on any atom is -0.490 e. The van der Waals surface area contributed by atoms with Crippen LogP contribution in [0, 0.1) is 6.92 Å². The second kappa shape index (κ2) is 9.75. The van der Waals surface area contributed by atoms with Gasteiger partial charge in [0.2, 0.25) is 0 Å². The SMILES string of the molecule is CCOc1cc(C=Nn2c(C)nc3ccc(Br)cc3c2=O)cc(Br)c1O[C@@H](C)CC. The molecule has 0 amide bonds. The molecule has 30 heavy (non-hydrogen) atoms. The predicted molar refractivity (Wildman–Crippen MR) is 127 cm³/mol. The number of nitrogens with zero attached hydrogens (tertiary/aromatic N) is 3. The van der Waals surface area contributed by atoms with E-state index in [0.29, 0.717) is 34.8 Å². The maximum Gasteiger partial charge on any atom is 0.282 e. The van der Waals surface area contributed by atoms with Crippen molar-refractivity contribution in [1.29, 1.82) is 0 Å². The first-order valence-electron chi connectivity index (χ1n) is 9.70. The highest BCUT2D eigenvalue weighted by Gasteiger charge is 2.14. The van der Waals surface area contributed by atoms with Crippen molar-refractivity contribution in [2.75, 3.05) is 6.61 Å². The third-order valence-electron chi connectivity index (χ3n) is 4.52. The number of hydrogen-bond acceptors (Lipinski definition) is 5. The number of ether oxygens (including phenoxy) is 2. The summed E-state index contributed by atoms with van der Waals surface area (Å²) in [5.74, 6) is 1.79. The highest BCUT2D eigenvalue weighted by atomic mass is 79.9. The molecule has 0 bridgehead atoms. The van der Waals surface area contributed by atoms with Crippen molar-refractivity contribution in [3.05, 3.63) is 61.0 Å². The lowest BCUT2D eigenvalue weighted by Crippen LogP contribution is -2.20. The summed E-state index contributed by atoms with van der Waals surface area (Å²) in [4.78, 5) is 17.4. The number of halogens is 2. The van der Waals surface area contributed by atoms with Crippen LogP contribution in [0.3, 0.4) is 0 Å². The van der Waals surface area contributed by atoms with Crippen molar-refractivity contribution in [3.63, 3.8) is 0 Å². The van der Waals surface area contributed by atoms with E-state index >= 15 is 0 Å². The van der Waals surface area contributed by atoms with Gasteiger partial charge < -0.3 is 9.47 Å². The molecule has 0 unspecified atom stereocenters. The van der Waals surface area contributed by atoms with Crippen LogP contribution >= 0.6 is 31.9 Å². The van der Waals surface area contributed by atoms with E-state index in [0.717, 1.165) is 20.9 Å². The van der Waals surface area contributed by atoms with Crippen LogP contribution in [0.5, 0.6) is 11.5 Å². The average Bonchev–Trinajstić information content (AvgIpc) is 2.71. The van der Waals surface area contributed by atoms with E-state index in [1.807, 2.05) is 38.1 Å². The van der Waals surface area contributed by atoms with Crippen molar-refractivity contribution in [2.45, 2.75) is 40.2 Å². The van der Waals surface area contributed by atoms with Gasteiger partial charge in [-0.15, -0.1) is 0 Å². The van der Waals surface area contributed by atoms with Gasteiger partial charge in [-0.25, -0.2) is 4.98 Å². The van der Waals surface area contributed by atoms with Gasteiger partial charge in [-0.1, -0.05) is 22.9 Å². The first-order valence-corrected chi connectivity index (χ1v) is 11.3. The van der Waals surface area contributed by atoms with Crippen molar-refractivity contribution in [2.24, 2.45) is 5.10 Å². The summed E-state index contributed by atoms with van der Waals surface area (Å²) in [5, 5.41) is 4.89. The van der Waals surface area contributed by atoms with Crippen LogP contribution in [0.25, 0.3) is 10.9 Å². The molecule has 0 N–H and O–H groups in total. The molecular weight excluding hydrogens is 514 g/mol. The molecule has 0 aliphatic heterocycles. The lowest BCUT2D eigenvalue weighted by Gasteiger charge is -2.18. The molecule has 2 aromatic carbocycles. The first-order chi connectivity index (χ1) is 14.3. The first kappa shape index (κ1) is 22.5. The lowest BCUT2D eigenvalue weighted by atomic mass is 10.2. The monoisotopic (exact) mass is 535 g/mol. The molecule has 8 heteroatoms. The van der Waals surface area contributed by atoms with Crippen LogP contribution in [-0.4, -0.2) is 28.6 Å². The van der Waals surface area contributed by atoms with Gasteiger partial charge in [0, 0.05) is 4.47 Å². The highest BCUT2D eigenvalue weighted by Crippen LogP contribution is 2.37. The van der Waals surface area contributed by atoms with Gasteiger partial charge in [0.1, 0.15) is 5.82 Å². The van der Waals surface area contributed by atoms with E-state index in [-0.39, 0.29) is 11.7 Å². The van der Waals surface area contributed by atoms with E-state index in [1.165, 1.54) is 4.68 Å². The van der Waals surface area contributed by atoms with Gasteiger partial charge in [0.05, 0.1) is 34.3 Å². The van der Waals surface area contributed by atoms with Gasteiger partial charge in [-0.3, -0.25) is 4.79 Å². The maximum atomic E-state index is 12.9. The standard InChI is InChI=1S/C22H23Br2N3O3/c1-5-13(3)30-21-18(24)9-15(10-20(21)29-6-2)12-25-27-14(4)26-19-8-7-16(23)11-17(19)22(27)28/h7-13H,5-6H2,1-4H3/t13-/m0/s1. The molecule has 0 radical (unpaired) electrons. The Hall–Kier alpha value is -2.19. The minimum atomic E-state index is -0.226. The maximum absolute atomic E-state index is 12.9. The van der Waals surface area contributed by atoms with Crippen molar-refractivity contribution >= 4 is 49.0 Å². The Kier molecular flexibility index (Phi) is 7.31. The summed E-state index contributed by atoms with van der Waals surface area (Å²) >= 11 is 6.97. The van der Waals surface area contributed by atoms with Gasteiger partial charge in [0.15, 0.2) is 11.5 Å². The normalized spacial score (nSPS) is 12.5. The number of aryl methyl sites for hydroxylation is 1. The summed E-state index contributed by atoms with van der Waals surface area (Å²) in [6.07, 6.45) is 2.55. The van der Waals surface area contributed by atoms with Crippen LogP contribution in [0.1, 0.15) is 38.6 Å². The number of aromatic nitrogens is 2. The van der Waals surface area contributed by atoms with Crippen LogP contribution in [0.2, 0.25) is 0 Å². The largest absolute Gasteiger partial charge is 0.490 e. The Labute approximate surface area is 192 Å². The quantitative estimate of drug-likeness (QED) is 0.364. The molecule has 0 aliphatic carbocycles. The summed E-state index contributed by atoms with van der Waals surface area (Å²) in [7, 11) is 0. The Morgan fingerprint density at radius 1 is 1.23 bits per heavy atom. The molecule has 0 fully saturated rings. The van der Waals surface area contributed by atoms with Gasteiger partial charge in [-0.05, 0) is 79.0 Å². The second-order valence-electron chi connectivity index (χ2n) is 6.78. The van der Waals surface area contributed by atoms with Crippen LogP contribution in [-0.2, 0) is 0 Å². The Morgan fingerprint density at radius 2 is 2.00 bits per heavy atom. The van der Waals surface area contributed by atoms with Gasteiger partial charge >= 0.3 is 0 Å². The second-order valence-corrected chi connectivity index (χ2v) is 8.55. The molecular formula is C22H23Br2N3O3. The zero-order valence-corrected chi connectivity index (χ0v) is 20.4. The third kappa shape index (κ3) is 4.92. The third-order valence-corrected chi connectivity index (χ3v) is 5.60. The smallest absolute Gasteiger partial charge is 0.282 e. The summed E-state index contributed by atoms with van der Waals surface area (Å²) in [6, 6.07) is 9.15. The molecule has 1 atom stereocenters. The summed E-state index contributed by atoms with van der Waals surface area (Å²) in [6.45, 7) is 8.26. The lowest BCUT2D eigenvalue weighted by molar-refractivity contribution is 0.202. The van der Waals surface area contributed by atoms with E-state index in [1.54, 1.807) is 19.2 Å². The number of hydrogen-bond donors (Lipinski definition) is 0. The molecule has 1 aromatic heterocycles. The fourth-order valence-electron chi connectivity index (χ4n) is 2.84. The van der Waals surface area contributed by atoms with E-state index in [4.69, 9.17) is 9.47 Å². The topological polar surface area (TPSA) is 65.7 Å². The van der Waals surface area contributed by atoms with Crippen LogP contribution in [0.15, 0.2) is 49.2 Å².